The highest BCUT2D eigenvalue weighted by molar-refractivity contribution is 5.93. The van der Waals surface area contributed by atoms with Crippen LogP contribution < -0.4 is 4.90 Å². The van der Waals surface area contributed by atoms with Crippen molar-refractivity contribution < 1.29 is 14.6 Å². The van der Waals surface area contributed by atoms with Crippen molar-refractivity contribution in [1.29, 1.82) is 0 Å². The van der Waals surface area contributed by atoms with Gasteiger partial charge in [0.1, 0.15) is 12.4 Å². The fourth-order valence-corrected chi connectivity index (χ4v) is 1.29. The normalized spacial score (nSPS) is 15.9. The van der Waals surface area contributed by atoms with E-state index in [4.69, 9.17) is 9.84 Å². The van der Waals surface area contributed by atoms with Gasteiger partial charge in [-0.3, -0.25) is 0 Å². The van der Waals surface area contributed by atoms with E-state index in [1.165, 1.54) is 17.0 Å². The van der Waals surface area contributed by atoms with Crippen LogP contribution in [0.3, 0.4) is 0 Å². The second-order valence-corrected chi connectivity index (χ2v) is 2.97. The summed E-state index contributed by atoms with van der Waals surface area (Å²) in [6.45, 7) is 3.92. The Bertz CT molecular complexity index is 367. The van der Waals surface area contributed by atoms with Gasteiger partial charge in [0, 0.05) is 0 Å². The minimum Gasteiger partial charge on any atom is -0.508 e. The summed E-state index contributed by atoms with van der Waals surface area (Å²) in [4.78, 5) is 12.6. The molecule has 0 aliphatic carbocycles. The lowest BCUT2D eigenvalue weighted by Crippen LogP contribution is -2.21. The molecule has 1 aliphatic rings. The van der Waals surface area contributed by atoms with Crippen LogP contribution in [-0.4, -0.2) is 17.8 Å². The monoisotopic (exact) mass is 191 g/mol. The molecule has 1 aromatic carbocycles. The Morgan fingerprint density at radius 2 is 2.00 bits per heavy atom. The second kappa shape index (κ2) is 3.06. The standard InChI is InChI=1S/C10H9NO3/c1-7-6-14-10(13)11(7)8-2-4-9(12)5-3-8/h2-5,12H,1,6H2. The molecular formula is C10H9NO3. The van der Waals surface area contributed by atoms with Crippen LogP contribution in [0.5, 0.6) is 5.75 Å². The molecule has 0 unspecified atom stereocenters. The summed E-state index contributed by atoms with van der Waals surface area (Å²) in [5.41, 5.74) is 1.25. The SMILES string of the molecule is C=C1COC(=O)N1c1ccc(O)cc1. The first-order chi connectivity index (χ1) is 6.68. The Kier molecular flexibility index (Phi) is 1.89. The Morgan fingerprint density at radius 1 is 1.36 bits per heavy atom. The van der Waals surface area contributed by atoms with Gasteiger partial charge >= 0.3 is 6.09 Å². The first kappa shape index (κ1) is 8.62. The number of hydrogen-bond donors (Lipinski definition) is 1. The molecule has 1 fully saturated rings. The molecule has 0 bridgehead atoms. The van der Waals surface area contributed by atoms with Crippen LogP contribution >= 0.6 is 0 Å². The quantitative estimate of drug-likeness (QED) is 0.737. The molecule has 72 valence electrons. The lowest BCUT2D eigenvalue weighted by atomic mass is 10.2. The highest BCUT2D eigenvalue weighted by atomic mass is 16.6. The third kappa shape index (κ3) is 1.31. The summed E-state index contributed by atoms with van der Waals surface area (Å²) < 4.78 is 4.79. The van der Waals surface area contributed by atoms with Gasteiger partial charge in [0.2, 0.25) is 0 Å². The van der Waals surface area contributed by atoms with Crippen LogP contribution in [0.25, 0.3) is 0 Å². The fourth-order valence-electron chi connectivity index (χ4n) is 1.29. The van der Waals surface area contributed by atoms with E-state index in [0.29, 0.717) is 11.4 Å². The summed E-state index contributed by atoms with van der Waals surface area (Å²) >= 11 is 0. The summed E-state index contributed by atoms with van der Waals surface area (Å²) in [6, 6.07) is 6.28. The van der Waals surface area contributed by atoms with E-state index in [-0.39, 0.29) is 12.4 Å². The minimum atomic E-state index is -0.430. The summed E-state index contributed by atoms with van der Waals surface area (Å²) in [6.07, 6.45) is -0.430. The van der Waals surface area contributed by atoms with Crippen molar-refractivity contribution in [2.45, 2.75) is 0 Å². The smallest absolute Gasteiger partial charge is 0.419 e. The molecule has 0 aromatic heterocycles. The maximum Gasteiger partial charge on any atom is 0.419 e. The number of benzene rings is 1. The van der Waals surface area contributed by atoms with E-state index in [2.05, 4.69) is 6.58 Å². The number of hydrogen-bond acceptors (Lipinski definition) is 3. The van der Waals surface area contributed by atoms with Crippen molar-refractivity contribution in [2.75, 3.05) is 11.5 Å². The highest BCUT2D eigenvalue weighted by Crippen LogP contribution is 2.25. The second-order valence-electron chi connectivity index (χ2n) is 2.97. The largest absolute Gasteiger partial charge is 0.508 e. The molecule has 1 saturated heterocycles. The minimum absolute atomic E-state index is 0.159. The molecule has 1 heterocycles. The lowest BCUT2D eigenvalue weighted by molar-refractivity contribution is 0.182. The van der Waals surface area contributed by atoms with Gasteiger partial charge in [-0.1, -0.05) is 6.58 Å². The van der Waals surface area contributed by atoms with Gasteiger partial charge in [0.25, 0.3) is 0 Å². The van der Waals surface area contributed by atoms with Crippen LogP contribution in [0.15, 0.2) is 36.5 Å². The van der Waals surface area contributed by atoms with E-state index in [9.17, 15) is 4.79 Å². The molecule has 1 N–H and O–H groups in total. The van der Waals surface area contributed by atoms with Crippen LogP contribution in [0.1, 0.15) is 0 Å². The Labute approximate surface area is 81.0 Å². The molecule has 4 nitrogen and oxygen atoms in total. The molecule has 0 saturated carbocycles. The van der Waals surface area contributed by atoms with Gasteiger partial charge in [-0.15, -0.1) is 0 Å². The summed E-state index contributed by atoms with van der Waals surface area (Å²) in [7, 11) is 0. The van der Waals surface area contributed by atoms with Crippen molar-refractivity contribution in [2.24, 2.45) is 0 Å². The fraction of sp³-hybridized carbons (Fsp3) is 0.100. The van der Waals surface area contributed by atoms with Gasteiger partial charge in [-0.05, 0) is 24.3 Å². The summed E-state index contributed by atoms with van der Waals surface area (Å²) in [5, 5.41) is 9.07. The number of rotatable bonds is 1. The molecule has 1 aliphatic heterocycles. The predicted molar refractivity (Wildman–Crippen MR) is 51.1 cm³/mol. The zero-order chi connectivity index (χ0) is 10.1. The maximum atomic E-state index is 11.3. The van der Waals surface area contributed by atoms with Crippen LogP contribution in [0.4, 0.5) is 10.5 Å². The third-order valence-corrected chi connectivity index (χ3v) is 1.97. The molecule has 2 rings (SSSR count). The number of carbonyl (C=O) groups is 1. The van der Waals surface area contributed by atoms with Gasteiger partial charge < -0.3 is 9.84 Å². The number of amides is 1. The Morgan fingerprint density at radius 3 is 2.50 bits per heavy atom. The third-order valence-electron chi connectivity index (χ3n) is 1.97. The van der Waals surface area contributed by atoms with E-state index >= 15 is 0 Å². The number of ether oxygens (including phenoxy) is 1. The van der Waals surface area contributed by atoms with E-state index in [0.717, 1.165) is 0 Å². The Balaban J connectivity index is 2.34. The first-order valence-corrected chi connectivity index (χ1v) is 4.12. The van der Waals surface area contributed by atoms with Crippen LogP contribution in [-0.2, 0) is 4.74 Å². The predicted octanol–water partition coefficient (Wildman–Crippen LogP) is 1.86. The zero-order valence-corrected chi connectivity index (χ0v) is 7.43. The maximum absolute atomic E-state index is 11.3. The number of carbonyl (C=O) groups excluding carboxylic acids is 1. The number of nitrogens with zero attached hydrogens (tertiary/aromatic N) is 1. The molecular weight excluding hydrogens is 182 g/mol. The van der Waals surface area contributed by atoms with Crippen molar-refractivity contribution in [1.82, 2.24) is 0 Å². The zero-order valence-electron chi connectivity index (χ0n) is 7.43. The molecule has 1 aromatic rings. The molecule has 4 heteroatoms. The Hall–Kier alpha value is -1.97. The highest BCUT2D eigenvalue weighted by Gasteiger charge is 2.27. The van der Waals surface area contributed by atoms with Crippen molar-refractivity contribution >= 4 is 11.8 Å². The van der Waals surface area contributed by atoms with Crippen LogP contribution in [0, 0.1) is 0 Å². The van der Waals surface area contributed by atoms with E-state index in [1.807, 2.05) is 0 Å². The van der Waals surface area contributed by atoms with Crippen molar-refractivity contribution in [3.8, 4) is 5.75 Å². The van der Waals surface area contributed by atoms with Gasteiger partial charge in [0.15, 0.2) is 0 Å². The molecule has 1 amide bonds. The average Bonchev–Trinajstić information content (AvgIpc) is 2.49. The lowest BCUT2D eigenvalue weighted by Gasteiger charge is -2.13. The number of anilines is 1. The molecule has 0 atom stereocenters. The van der Waals surface area contributed by atoms with Gasteiger partial charge in [-0.25, -0.2) is 9.69 Å². The average molecular weight is 191 g/mol. The van der Waals surface area contributed by atoms with E-state index in [1.54, 1.807) is 12.1 Å². The van der Waals surface area contributed by atoms with Crippen LogP contribution in [0.2, 0.25) is 0 Å². The molecule has 14 heavy (non-hydrogen) atoms. The molecule has 0 radical (unpaired) electrons. The topological polar surface area (TPSA) is 49.8 Å². The molecule has 0 spiro atoms. The van der Waals surface area contributed by atoms with Crippen molar-refractivity contribution in [3.63, 3.8) is 0 Å². The number of cyclic esters (lactones) is 1. The number of phenols is 1. The summed E-state index contributed by atoms with van der Waals surface area (Å²) in [5.74, 6) is 0.159. The number of aromatic hydroxyl groups is 1. The van der Waals surface area contributed by atoms with Gasteiger partial charge in [0.05, 0.1) is 11.4 Å². The van der Waals surface area contributed by atoms with E-state index < -0.39 is 6.09 Å². The van der Waals surface area contributed by atoms with Gasteiger partial charge in [-0.2, -0.15) is 0 Å². The number of phenolic OH excluding ortho intramolecular Hbond substituents is 1. The first-order valence-electron chi connectivity index (χ1n) is 4.12. The van der Waals surface area contributed by atoms with Crippen molar-refractivity contribution in [3.05, 3.63) is 36.5 Å².